The lowest BCUT2D eigenvalue weighted by Gasteiger charge is -2.25. The van der Waals surface area contributed by atoms with E-state index in [2.05, 4.69) is 43.0 Å². The average Bonchev–Trinajstić information content (AvgIpc) is 2.86. The third-order valence-electron chi connectivity index (χ3n) is 4.08. The van der Waals surface area contributed by atoms with Crippen molar-refractivity contribution in [3.05, 3.63) is 29.8 Å². The van der Waals surface area contributed by atoms with Gasteiger partial charge in [-0.2, -0.15) is 0 Å². The molecule has 0 spiro atoms. The van der Waals surface area contributed by atoms with E-state index in [1.807, 2.05) is 0 Å². The molecule has 1 aromatic carbocycles. The van der Waals surface area contributed by atoms with E-state index in [1.165, 1.54) is 37.8 Å². The first-order valence-corrected chi connectivity index (χ1v) is 7.18. The van der Waals surface area contributed by atoms with Gasteiger partial charge in [0.1, 0.15) is 0 Å². The van der Waals surface area contributed by atoms with E-state index in [1.54, 1.807) is 5.56 Å². The van der Waals surface area contributed by atoms with E-state index in [9.17, 15) is 0 Å². The van der Waals surface area contributed by atoms with Crippen LogP contribution < -0.4 is 4.90 Å². The lowest BCUT2D eigenvalue weighted by atomic mass is 9.96. The molecule has 94 valence electrons. The molecule has 1 aromatic rings. The third kappa shape index (κ3) is 3.02. The maximum absolute atomic E-state index is 2.48. The second-order valence-corrected chi connectivity index (χ2v) is 5.16. The number of hydrogen-bond donors (Lipinski definition) is 0. The van der Waals surface area contributed by atoms with Crippen molar-refractivity contribution in [3.8, 4) is 0 Å². The van der Waals surface area contributed by atoms with E-state index in [-0.39, 0.29) is 0 Å². The van der Waals surface area contributed by atoms with Crippen molar-refractivity contribution in [2.24, 2.45) is 5.92 Å². The molecule has 0 aliphatic heterocycles. The van der Waals surface area contributed by atoms with Gasteiger partial charge in [0.2, 0.25) is 0 Å². The van der Waals surface area contributed by atoms with Gasteiger partial charge in [0.25, 0.3) is 0 Å². The van der Waals surface area contributed by atoms with Crippen molar-refractivity contribution < 1.29 is 0 Å². The predicted octanol–water partition coefficient (Wildman–Crippen LogP) is 4.27. The first-order valence-electron chi connectivity index (χ1n) is 7.18. The Balaban J connectivity index is 2.14. The van der Waals surface area contributed by atoms with Gasteiger partial charge >= 0.3 is 0 Å². The first-order chi connectivity index (χ1) is 8.35. The number of rotatable bonds is 5. The van der Waals surface area contributed by atoms with Gasteiger partial charge in [0.05, 0.1) is 0 Å². The van der Waals surface area contributed by atoms with Crippen LogP contribution in [0.5, 0.6) is 0 Å². The SMILES string of the molecule is CCN(CC)c1ccccc1CC1CCCC1. The number of anilines is 1. The highest BCUT2D eigenvalue weighted by molar-refractivity contribution is 5.53. The summed E-state index contributed by atoms with van der Waals surface area (Å²) in [6, 6.07) is 8.98. The van der Waals surface area contributed by atoms with Gasteiger partial charge in [-0.25, -0.2) is 0 Å². The summed E-state index contributed by atoms with van der Waals surface area (Å²) in [5.74, 6) is 0.937. The Kier molecular flexibility index (Phi) is 4.47. The van der Waals surface area contributed by atoms with E-state index in [0.717, 1.165) is 19.0 Å². The van der Waals surface area contributed by atoms with Crippen molar-refractivity contribution >= 4 is 5.69 Å². The van der Waals surface area contributed by atoms with Gasteiger partial charge in [0.15, 0.2) is 0 Å². The van der Waals surface area contributed by atoms with Crippen LogP contribution in [-0.2, 0) is 6.42 Å². The second-order valence-electron chi connectivity index (χ2n) is 5.16. The lowest BCUT2D eigenvalue weighted by molar-refractivity contribution is 0.546. The zero-order valence-corrected chi connectivity index (χ0v) is 11.3. The van der Waals surface area contributed by atoms with E-state index in [4.69, 9.17) is 0 Å². The quantitative estimate of drug-likeness (QED) is 0.731. The van der Waals surface area contributed by atoms with Gasteiger partial charge in [-0.3, -0.25) is 0 Å². The van der Waals surface area contributed by atoms with E-state index >= 15 is 0 Å². The van der Waals surface area contributed by atoms with Crippen LogP contribution in [0.2, 0.25) is 0 Å². The van der Waals surface area contributed by atoms with E-state index in [0.29, 0.717) is 0 Å². The number of para-hydroxylation sites is 1. The summed E-state index contributed by atoms with van der Waals surface area (Å²) < 4.78 is 0. The minimum atomic E-state index is 0.937. The molecule has 1 nitrogen and oxygen atoms in total. The maximum atomic E-state index is 2.48. The van der Waals surface area contributed by atoms with Crippen LogP contribution >= 0.6 is 0 Å². The highest BCUT2D eigenvalue weighted by Gasteiger charge is 2.17. The molecule has 1 fully saturated rings. The molecule has 17 heavy (non-hydrogen) atoms. The summed E-state index contributed by atoms with van der Waals surface area (Å²) in [5, 5.41) is 0. The zero-order valence-electron chi connectivity index (χ0n) is 11.3. The highest BCUT2D eigenvalue weighted by atomic mass is 15.1. The Hall–Kier alpha value is -0.980. The maximum Gasteiger partial charge on any atom is 0.0398 e. The van der Waals surface area contributed by atoms with Gasteiger partial charge < -0.3 is 4.90 Å². The van der Waals surface area contributed by atoms with Crippen molar-refractivity contribution in [2.75, 3.05) is 18.0 Å². The zero-order chi connectivity index (χ0) is 12.1. The molecule has 0 heterocycles. The van der Waals surface area contributed by atoms with Gasteiger partial charge in [0, 0.05) is 18.8 Å². The van der Waals surface area contributed by atoms with Crippen LogP contribution in [0.15, 0.2) is 24.3 Å². The minimum absolute atomic E-state index is 0.937. The molecule has 0 saturated heterocycles. The Morgan fingerprint density at radius 3 is 2.35 bits per heavy atom. The predicted molar refractivity (Wildman–Crippen MR) is 75.7 cm³/mol. The molecule has 1 saturated carbocycles. The molecular weight excluding hydrogens is 206 g/mol. The molecule has 1 heteroatoms. The van der Waals surface area contributed by atoms with Gasteiger partial charge in [-0.15, -0.1) is 0 Å². The fraction of sp³-hybridized carbons (Fsp3) is 0.625. The standard InChI is InChI=1S/C16H25N/c1-3-17(4-2)16-12-8-7-11-15(16)13-14-9-5-6-10-14/h7-8,11-12,14H,3-6,9-10,13H2,1-2H3. The third-order valence-corrected chi connectivity index (χ3v) is 4.08. The minimum Gasteiger partial charge on any atom is -0.372 e. The molecular formula is C16H25N. The largest absolute Gasteiger partial charge is 0.372 e. The Morgan fingerprint density at radius 1 is 1.06 bits per heavy atom. The van der Waals surface area contributed by atoms with E-state index < -0.39 is 0 Å². The summed E-state index contributed by atoms with van der Waals surface area (Å²) in [7, 11) is 0. The fourth-order valence-corrected chi connectivity index (χ4v) is 3.08. The van der Waals surface area contributed by atoms with Crippen LogP contribution in [0.3, 0.4) is 0 Å². The van der Waals surface area contributed by atoms with Crippen LogP contribution in [0.1, 0.15) is 45.1 Å². The van der Waals surface area contributed by atoms with Gasteiger partial charge in [-0.1, -0.05) is 43.9 Å². The summed E-state index contributed by atoms with van der Waals surface area (Å²) in [6.07, 6.45) is 7.04. The molecule has 0 amide bonds. The highest BCUT2D eigenvalue weighted by Crippen LogP contribution is 2.31. The van der Waals surface area contributed by atoms with Crippen LogP contribution in [0, 0.1) is 5.92 Å². The van der Waals surface area contributed by atoms with Crippen molar-refractivity contribution in [1.82, 2.24) is 0 Å². The molecule has 0 bridgehead atoms. The summed E-state index contributed by atoms with van der Waals surface area (Å²) in [5.41, 5.74) is 3.02. The van der Waals surface area contributed by atoms with Crippen LogP contribution in [0.25, 0.3) is 0 Å². The smallest absolute Gasteiger partial charge is 0.0398 e. The molecule has 2 rings (SSSR count). The Labute approximate surface area is 106 Å². The number of benzene rings is 1. The summed E-state index contributed by atoms with van der Waals surface area (Å²) >= 11 is 0. The molecule has 0 aromatic heterocycles. The summed E-state index contributed by atoms with van der Waals surface area (Å²) in [6.45, 7) is 6.71. The molecule has 1 aliphatic carbocycles. The molecule has 0 atom stereocenters. The average molecular weight is 231 g/mol. The second kappa shape index (κ2) is 6.09. The fourth-order valence-electron chi connectivity index (χ4n) is 3.08. The van der Waals surface area contributed by atoms with Crippen LogP contribution in [-0.4, -0.2) is 13.1 Å². The van der Waals surface area contributed by atoms with Crippen LogP contribution in [0.4, 0.5) is 5.69 Å². The topological polar surface area (TPSA) is 3.24 Å². The summed E-state index contributed by atoms with van der Waals surface area (Å²) in [4.78, 5) is 2.48. The Bertz CT molecular complexity index is 335. The monoisotopic (exact) mass is 231 g/mol. The Morgan fingerprint density at radius 2 is 1.71 bits per heavy atom. The van der Waals surface area contributed by atoms with Gasteiger partial charge in [-0.05, 0) is 37.8 Å². The molecule has 0 radical (unpaired) electrons. The molecule has 0 unspecified atom stereocenters. The molecule has 1 aliphatic rings. The number of hydrogen-bond acceptors (Lipinski definition) is 1. The first kappa shape index (κ1) is 12.5. The molecule has 0 N–H and O–H groups in total. The van der Waals surface area contributed by atoms with Crippen molar-refractivity contribution in [3.63, 3.8) is 0 Å². The van der Waals surface area contributed by atoms with Crippen molar-refractivity contribution in [1.29, 1.82) is 0 Å². The lowest BCUT2D eigenvalue weighted by Crippen LogP contribution is -2.23. The van der Waals surface area contributed by atoms with Crippen molar-refractivity contribution in [2.45, 2.75) is 46.0 Å². The number of nitrogens with zero attached hydrogens (tertiary/aromatic N) is 1. The normalized spacial score (nSPS) is 16.4.